The zero-order valence-electron chi connectivity index (χ0n) is 11.7. The minimum absolute atomic E-state index is 0.379. The molecule has 0 unspecified atom stereocenters. The molecule has 1 aliphatic rings. The maximum Gasteiger partial charge on any atom is 0.312 e. The Balaban J connectivity index is 2.11. The van der Waals surface area contributed by atoms with Gasteiger partial charge < -0.3 is 9.74 Å². The summed E-state index contributed by atoms with van der Waals surface area (Å²) in [4.78, 5) is 26.2. The van der Waals surface area contributed by atoms with Crippen LogP contribution >= 0.6 is 23.4 Å². The first-order valence-corrected chi connectivity index (χ1v) is 7.63. The van der Waals surface area contributed by atoms with Gasteiger partial charge in [0.2, 0.25) is 5.71 Å². The maximum atomic E-state index is 11.9. The number of amidine groups is 1. The third-order valence-electron chi connectivity index (χ3n) is 2.71. The minimum atomic E-state index is -0.715. The molecular weight excluding hydrogens is 326 g/mol. The Bertz CT molecular complexity index is 653. The lowest BCUT2D eigenvalue weighted by Gasteiger charge is -2.17. The van der Waals surface area contributed by atoms with Crippen LogP contribution in [0.3, 0.4) is 0 Å². The summed E-state index contributed by atoms with van der Waals surface area (Å²) >= 11 is 7.20. The van der Waals surface area contributed by atoms with Gasteiger partial charge in [0.15, 0.2) is 5.17 Å². The molecule has 114 valence electrons. The van der Waals surface area contributed by atoms with Crippen molar-refractivity contribution in [1.82, 2.24) is 9.88 Å². The van der Waals surface area contributed by atoms with Crippen molar-refractivity contribution < 1.29 is 9.63 Å². The van der Waals surface area contributed by atoms with Gasteiger partial charge in [-0.25, -0.2) is 4.98 Å². The zero-order chi connectivity index (χ0) is 15.9. The Morgan fingerprint density at radius 1 is 1.64 bits per heavy atom. The van der Waals surface area contributed by atoms with Crippen molar-refractivity contribution in [1.29, 1.82) is 5.26 Å². The number of thioether (sulfide) groups is 1. The highest BCUT2D eigenvalue weighted by Crippen LogP contribution is 2.21. The highest BCUT2D eigenvalue weighted by Gasteiger charge is 2.22. The Hall–Kier alpha value is -2.11. The molecule has 0 saturated carbocycles. The first-order valence-electron chi connectivity index (χ1n) is 6.26. The largest absolute Gasteiger partial charge is 0.398 e. The number of aromatic nitrogens is 1. The number of carbonyl (C=O) groups excluding carboxylic acids is 1. The van der Waals surface area contributed by atoms with E-state index >= 15 is 0 Å². The van der Waals surface area contributed by atoms with Crippen molar-refractivity contribution in [2.24, 2.45) is 10.1 Å². The predicted molar refractivity (Wildman–Crippen MR) is 84.6 cm³/mol. The predicted octanol–water partition coefficient (Wildman–Crippen LogP) is 1.69. The minimum Gasteiger partial charge on any atom is -0.398 e. The molecule has 22 heavy (non-hydrogen) atoms. The molecule has 0 spiro atoms. The fraction of sp³-hybridized carbons (Fsp3) is 0.308. The van der Waals surface area contributed by atoms with Crippen LogP contribution in [0.15, 0.2) is 28.5 Å². The fourth-order valence-corrected chi connectivity index (χ4v) is 2.83. The normalized spacial score (nSPS) is 16.7. The molecule has 2 rings (SSSR count). The van der Waals surface area contributed by atoms with Crippen molar-refractivity contribution in [2.75, 3.05) is 19.4 Å². The van der Waals surface area contributed by atoms with Crippen molar-refractivity contribution >= 4 is 40.1 Å². The molecule has 1 saturated heterocycles. The van der Waals surface area contributed by atoms with E-state index in [-0.39, 0.29) is 5.71 Å². The van der Waals surface area contributed by atoms with Crippen molar-refractivity contribution in [3.05, 3.63) is 29.0 Å². The van der Waals surface area contributed by atoms with Gasteiger partial charge >= 0.3 is 5.91 Å². The number of pyridine rings is 1. The average molecular weight is 338 g/mol. The zero-order valence-corrected chi connectivity index (χ0v) is 13.3. The van der Waals surface area contributed by atoms with Gasteiger partial charge in [-0.2, -0.15) is 10.3 Å². The van der Waals surface area contributed by atoms with E-state index in [0.29, 0.717) is 16.9 Å². The van der Waals surface area contributed by atoms with Gasteiger partial charge in [0.25, 0.3) is 0 Å². The van der Waals surface area contributed by atoms with E-state index in [0.717, 1.165) is 17.9 Å². The van der Waals surface area contributed by atoms with E-state index in [9.17, 15) is 4.79 Å². The molecule has 0 radical (unpaired) electrons. The number of carbonyl (C=O) groups is 1. The first-order chi connectivity index (χ1) is 10.6. The van der Waals surface area contributed by atoms with Crippen LogP contribution in [0.4, 0.5) is 0 Å². The average Bonchev–Trinajstić information content (AvgIpc) is 2.94. The van der Waals surface area contributed by atoms with Crippen LogP contribution in [0.2, 0.25) is 5.15 Å². The highest BCUT2D eigenvalue weighted by atomic mass is 35.5. The first kappa shape index (κ1) is 16.3. The van der Waals surface area contributed by atoms with Crippen molar-refractivity contribution in [3.63, 3.8) is 0 Å². The second kappa shape index (κ2) is 7.77. The Labute approximate surface area is 136 Å². The number of amides is 1. The van der Waals surface area contributed by atoms with E-state index < -0.39 is 5.91 Å². The van der Waals surface area contributed by atoms with E-state index in [2.05, 4.69) is 20.0 Å². The second-order valence-electron chi connectivity index (χ2n) is 4.19. The van der Waals surface area contributed by atoms with Gasteiger partial charge in [0.1, 0.15) is 18.3 Å². The lowest BCUT2D eigenvalue weighted by Crippen LogP contribution is -2.25. The molecule has 1 fully saturated rings. The number of nitrogens with zero attached hydrogens (tertiary/aromatic N) is 5. The number of hydrogen-bond acceptors (Lipinski definition) is 6. The standard InChI is InChI=1S/C13H12ClN5O2S/c1-21-18-10(6-15)12(20)17-13-19(4-5-22-13)8-9-2-3-11(14)16-7-9/h2-3,7H,4-5,8H2,1H3/b17-13?,18-10+. The Morgan fingerprint density at radius 2 is 2.45 bits per heavy atom. The third kappa shape index (κ3) is 4.19. The van der Waals surface area contributed by atoms with Crippen LogP contribution in [-0.2, 0) is 16.2 Å². The quantitative estimate of drug-likeness (QED) is 0.471. The van der Waals surface area contributed by atoms with Crippen molar-refractivity contribution in [2.45, 2.75) is 6.54 Å². The molecule has 7 nitrogen and oxygen atoms in total. The second-order valence-corrected chi connectivity index (χ2v) is 5.64. The van der Waals surface area contributed by atoms with Crippen LogP contribution in [-0.4, -0.2) is 46.1 Å². The number of rotatable bonds is 4. The number of hydrogen-bond donors (Lipinski definition) is 0. The molecule has 0 aliphatic carbocycles. The van der Waals surface area contributed by atoms with E-state index in [1.807, 2.05) is 11.0 Å². The van der Waals surface area contributed by atoms with Crippen LogP contribution in [0.25, 0.3) is 0 Å². The summed E-state index contributed by atoms with van der Waals surface area (Å²) < 4.78 is 0. The fourth-order valence-electron chi connectivity index (χ4n) is 1.74. The van der Waals surface area contributed by atoms with Crippen LogP contribution in [0, 0.1) is 11.3 Å². The number of oxime groups is 1. The summed E-state index contributed by atoms with van der Waals surface area (Å²) in [6.07, 6.45) is 1.68. The summed E-state index contributed by atoms with van der Waals surface area (Å²) in [6, 6.07) is 5.24. The molecule has 2 heterocycles. The van der Waals surface area contributed by atoms with Gasteiger partial charge in [0, 0.05) is 25.0 Å². The number of nitriles is 1. The highest BCUT2D eigenvalue weighted by molar-refractivity contribution is 8.14. The summed E-state index contributed by atoms with van der Waals surface area (Å²) in [5.41, 5.74) is 0.578. The van der Waals surface area contributed by atoms with Crippen LogP contribution < -0.4 is 0 Å². The molecule has 0 aromatic carbocycles. The molecule has 1 aliphatic heterocycles. The summed E-state index contributed by atoms with van der Waals surface area (Å²) in [6.45, 7) is 1.31. The van der Waals surface area contributed by atoms with Crippen LogP contribution in [0.1, 0.15) is 5.56 Å². The Kier molecular flexibility index (Phi) is 5.75. The van der Waals surface area contributed by atoms with Gasteiger partial charge in [0.05, 0.1) is 0 Å². The Morgan fingerprint density at radius 3 is 3.09 bits per heavy atom. The van der Waals surface area contributed by atoms with E-state index in [1.54, 1.807) is 18.3 Å². The molecule has 0 bridgehead atoms. The summed E-state index contributed by atoms with van der Waals surface area (Å²) in [7, 11) is 1.27. The SMILES string of the molecule is CO/N=C(\C#N)C(=O)N=C1SCCN1Cc1ccc(Cl)nc1. The van der Waals surface area contributed by atoms with Gasteiger partial charge in [-0.05, 0) is 11.6 Å². The molecule has 0 N–H and O–H groups in total. The van der Waals surface area contributed by atoms with E-state index in [1.165, 1.54) is 18.9 Å². The molecule has 0 atom stereocenters. The topological polar surface area (TPSA) is 90.9 Å². The maximum absolute atomic E-state index is 11.9. The van der Waals surface area contributed by atoms with Gasteiger partial charge in [-0.15, -0.1) is 0 Å². The molecule has 1 aromatic heterocycles. The lowest BCUT2D eigenvalue weighted by molar-refractivity contribution is -0.111. The lowest BCUT2D eigenvalue weighted by atomic mass is 10.3. The number of aliphatic imine (C=N–C) groups is 1. The van der Waals surface area contributed by atoms with Gasteiger partial charge in [-0.1, -0.05) is 34.6 Å². The van der Waals surface area contributed by atoms with E-state index in [4.69, 9.17) is 16.9 Å². The van der Waals surface area contributed by atoms with Gasteiger partial charge in [-0.3, -0.25) is 4.79 Å². The molecular formula is C13H12ClN5O2S. The summed E-state index contributed by atoms with van der Waals surface area (Å²) in [5, 5.41) is 13.2. The molecule has 1 aromatic rings. The molecule has 9 heteroatoms. The monoisotopic (exact) mass is 337 g/mol. The number of halogens is 1. The summed E-state index contributed by atoms with van der Waals surface area (Å²) in [5.74, 6) is 0.101. The smallest absolute Gasteiger partial charge is 0.312 e. The molecule has 1 amide bonds. The third-order valence-corrected chi connectivity index (χ3v) is 3.93. The van der Waals surface area contributed by atoms with Crippen LogP contribution in [0.5, 0.6) is 0 Å². The van der Waals surface area contributed by atoms with Crippen molar-refractivity contribution in [3.8, 4) is 6.07 Å².